The third kappa shape index (κ3) is 4.30. The molecule has 0 saturated carbocycles. The molecule has 150 valence electrons. The Bertz CT molecular complexity index is 986. The standard InChI is InChI=1S/C22H22N2O4S/c1-4-14(2)28-18-11-7-5-9-15(18)13-16-20(25)23-22(29)24(21(16)26)17-10-6-8-12-19(17)27-3/h5-14H,4H2,1-3H3,(H,23,25,29)/b16-13+/t14-/m0/s1. The van der Waals surface area contributed by atoms with E-state index in [0.717, 1.165) is 6.42 Å². The Labute approximate surface area is 175 Å². The van der Waals surface area contributed by atoms with Gasteiger partial charge in [0.25, 0.3) is 11.8 Å². The van der Waals surface area contributed by atoms with Crippen molar-refractivity contribution in [1.29, 1.82) is 0 Å². The number of ether oxygens (including phenoxy) is 2. The summed E-state index contributed by atoms with van der Waals surface area (Å²) >= 11 is 5.25. The van der Waals surface area contributed by atoms with Crippen LogP contribution in [0.2, 0.25) is 0 Å². The Kier molecular flexibility index (Phi) is 6.29. The van der Waals surface area contributed by atoms with E-state index in [2.05, 4.69) is 5.32 Å². The van der Waals surface area contributed by atoms with Crippen molar-refractivity contribution in [3.63, 3.8) is 0 Å². The zero-order chi connectivity index (χ0) is 21.0. The molecule has 0 unspecified atom stereocenters. The fourth-order valence-electron chi connectivity index (χ4n) is 2.85. The van der Waals surface area contributed by atoms with E-state index in [4.69, 9.17) is 21.7 Å². The SMILES string of the molecule is CC[C@H](C)Oc1ccccc1/C=C1\C(=O)NC(=S)N(c2ccccc2OC)C1=O. The van der Waals surface area contributed by atoms with Gasteiger partial charge < -0.3 is 9.47 Å². The van der Waals surface area contributed by atoms with E-state index in [-0.39, 0.29) is 16.8 Å². The first-order valence-electron chi connectivity index (χ1n) is 9.26. The van der Waals surface area contributed by atoms with E-state index in [0.29, 0.717) is 22.7 Å². The van der Waals surface area contributed by atoms with Crippen LogP contribution in [0.4, 0.5) is 5.69 Å². The zero-order valence-corrected chi connectivity index (χ0v) is 17.3. The molecule has 0 radical (unpaired) electrons. The summed E-state index contributed by atoms with van der Waals surface area (Å²) in [4.78, 5) is 27.0. The second-order valence-corrected chi connectivity index (χ2v) is 6.89. The highest BCUT2D eigenvalue weighted by Crippen LogP contribution is 2.31. The summed E-state index contributed by atoms with van der Waals surface area (Å²) in [5.41, 5.74) is 1.06. The summed E-state index contributed by atoms with van der Waals surface area (Å²) in [5, 5.41) is 2.59. The molecule has 1 aliphatic heterocycles. The topological polar surface area (TPSA) is 67.9 Å². The summed E-state index contributed by atoms with van der Waals surface area (Å²) in [6.45, 7) is 3.99. The quantitative estimate of drug-likeness (QED) is 0.447. The van der Waals surface area contributed by atoms with Gasteiger partial charge in [-0.3, -0.25) is 14.9 Å². The van der Waals surface area contributed by atoms with Crippen molar-refractivity contribution in [3.05, 3.63) is 59.7 Å². The second-order valence-electron chi connectivity index (χ2n) is 6.50. The number of benzene rings is 2. The average molecular weight is 410 g/mol. The van der Waals surface area contributed by atoms with Gasteiger partial charge in [0.15, 0.2) is 5.11 Å². The smallest absolute Gasteiger partial charge is 0.270 e. The van der Waals surface area contributed by atoms with Gasteiger partial charge in [0, 0.05) is 5.56 Å². The number of thiocarbonyl (C=S) groups is 1. The van der Waals surface area contributed by atoms with Gasteiger partial charge in [-0.15, -0.1) is 0 Å². The molecule has 2 amide bonds. The van der Waals surface area contributed by atoms with Crippen molar-refractivity contribution >= 4 is 40.9 Å². The van der Waals surface area contributed by atoms with Crippen LogP contribution < -0.4 is 19.7 Å². The minimum atomic E-state index is -0.551. The third-order valence-electron chi connectivity index (χ3n) is 4.55. The molecule has 2 aromatic rings. The number of hydrogen-bond donors (Lipinski definition) is 1. The molecular formula is C22H22N2O4S. The van der Waals surface area contributed by atoms with Crippen LogP contribution in [0, 0.1) is 0 Å². The number of carbonyl (C=O) groups is 2. The fourth-order valence-corrected chi connectivity index (χ4v) is 3.13. The number of hydrogen-bond acceptors (Lipinski definition) is 5. The van der Waals surface area contributed by atoms with Gasteiger partial charge in [0.05, 0.1) is 18.9 Å². The van der Waals surface area contributed by atoms with Crippen molar-refractivity contribution < 1.29 is 19.1 Å². The molecule has 29 heavy (non-hydrogen) atoms. The largest absolute Gasteiger partial charge is 0.495 e. The number of nitrogens with one attached hydrogen (secondary N) is 1. The van der Waals surface area contributed by atoms with E-state index in [1.54, 1.807) is 30.3 Å². The maximum Gasteiger partial charge on any atom is 0.270 e. The van der Waals surface area contributed by atoms with E-state index < -0.39 is 11.8 Å². The highest BCUT2D eigenvalue weighted by Gasteiger charge is 2.35. The highest BCUT2D eigenvalue weighted by molar-refractivity contribution is 7.80. The second kappa shape index (κ2) is 8.87. The van der Waals surface area contributed by atoms with E-state index in [1.807, 2.05) is 32.0 Å². The molecule has 1 atom stereocenters. The van der Waals surface area contributed by atoms with Crippen LogP contribution in [0.5, 0.6) is 11.5 Å². The molecular weight excluding hydrogens is 388 g/mol. The first-order chi connectivity index (χ1) is 14.0. The maximum atomic E-state index is 13.2. The van der Waals surface area contributed by atoms with Crippen molar-refractivity contribution in [2.24, 2.45) is 0 Å². The summed E-state index contributed by atoms with van der Waals surface area (Å²) in [5.74, 6) is -0.00257. The Balaban J connectivity index is 2.03. The van der Waals surface area contributed by atoms with Crippen LogP contribution in [0.15, 0.2) is 54.1 Å². The number of rotatable bonds is 6. The lowest BCUT2D eigenvalue weighted by Crippen LogP contribution is -2.54. The van der Waals surface area contributed by atoms with Crippen LogP contribution >= 0.6 is 12.2 Å². The van der Waals surface area contributed by atoms with Gasteiger partial charge in [-0.25, -0.2) is 4.90 Å². The van der Waals surface area contributed by atoms with Crippen molar-refractivity contribution in [1.82, 2.24) is 5.32 Å². The number of para-hydroxylation sites is 3. The Morgan fingerprint density at radius 2 is 1.76 bits per heavy atom. The molecule has 0 spiro atoms. The van der Waals surface area contributed by atoms with Crippen molar-refractivity contribution in [2.75, 3.05) is 12.0 Å². The normalized spacial score (nSPS) is 16.6. The number of methoxy groups -OCH3 is 1. The van der Waals surface area contributed by atoms with Crippen LogP contribution in [-0.4, -0.2) is 30.1 Å². The lowest BCUT2D eigenvalue weighted by molar-refractivity contribution is -0.122. The lowest BCUT2D eigenvalue weighted by Gasteiger charge is -2.30. The van der Waals surface area contributed by atoms with Gasteiger partial charge in [0.2, 0.25) is 0 Å². The monoisotopic (exact) mass is 410 g/mol. The Morgan fingerprint density at radius 1 is 1.10 bits per heavy atom. The number of nitrogens with zero attached hydrogens (tertiary/aromatic N) is 1. The molecule has 6 nitrogen and oxygen atoms in total. The predicted octanol–water partition coefficient (Wildman–Crippen LogP) is 3.70. The van der Waals surface area contributed by atoms with Crippen LogP contribution in [-0.2, 0) is 9.59 Å². The molecule has 7 heteroatoms. The summed E-state index contributed by atoms with van der Waals surface area (Å²) < 4.78 is 11.3. The van der Waals surface area contributed by atoms with E-state index >= 15 is 0 Å². The number of amides is 2. The summed E-state index contributed by atoms with van der Waals surface area (Å²) in [6.07, 6.45) is 2.36. The maximum absolute atomic E-state index is 13.2. The Morgan fingerprint density at radius 3 is 2.45 bits per heavy atom. The molecule has 1 heterocycles. The minimum absolute atomic E-state index is 0.00286. The third-order valence-corrected chi connectivity index (χ3v) is 4.83. The van der Waals surface area contributed by atoms with Crippen LogP contribution in [0.1, 0.15) is 25.8 Å². The first-order valence-corrected chi connectivity index (χ1v) is 9.67. The number of carbonyl (C=O) groups excluding carboxylic acids is 2. The molecule has 2 aromatic carbocycles. The molecule has 0 bridgehead atoms. The van der Waals surface area contributed by atoms with Crippen LogP contribution in [0.3, 0.4) is 0 Å². The fraction of sp³-hybridized carbons (Fsp3) is 0.227. The molecule has 1 fully saturated rings. The predicted molar refractivity (Wildman–Crippen MR) is 116 cm³/mol. The zero-order valence-electron chi connectivity index (χ0n) is 16.5. The average Bonchev–Trinajstić information content (AvgIpc) is 2.72. The van der Waals surface area contributed by atoms with E-state index in [9.17, 15) is 9.59 Å². The van der Waals surface area contributed by atoms with Crippen molar-refractivity contribution in [2.45, 2.75) is 26.4 Å². The highest BCUT2D eigenvalue weighted by atomic mass is 32.1. The van der Waals surface area contributed by atoms with Gasteiger partial charge in [-0.1, -0.05) is 37.3 Å². The summed E-state index contributed by atoms with van der Waals surface area (Å²) in [7, 11) is 1.51. The van der Waals surface area contributed by atoms with Gasteiger partial charge >= 0.3 is 0 Å². The molecule has 1 saturated heterocycles. The van der Waals surface area contributed by atoms with Gasteiger partial charge in [0.1, 0.15) is 17.1 Å². The van der Waals surface area contributed by atoms with E-state index in [1.165, 1.54) is 18.1 Å². The molecule has 0 aromatic heterocycles. The van der Waals surface area contributed by atoms with Gasteiger partial charge in [-0.05, 0) is 49.8 Å². The minimum Gasteiger partial charge on any atom is -0.495 e. The molecule has 1 aliphatic rings. The Hall–Kier alpha value is -3.19. The van der Waals surface area contributed by atoms with Crippen LogP contribution in [0.25, 0.3) is 6.08 Å². The summed E-state index contributed by atoms with van der Waals surface area (Å²) in [6, 6.07) is 14.3. The molecule has 3 rings (SSSR count). The molecule has 0 aliphatic carbocycles. The van der Waals surface area contributed by atoms with Crippen molar-refractivity contribution in [3.8, 4) is 11.5 Å². The first kappa shape index (κ1) is 20.5. The van der Waals surface area contributed by atoms with Gasteiger partial charge in [-0.2, -0.15) is 0 Å². The number of anilines is 1. The molecule has 1 N–H and O–H groups in total. The lowest BCUT2D eigenvalue weighted by atomic mass is 10.1.